The molecule has 2 fully saturated rings. The lowest BCUT2D eigenvalue weighted by Gasteiger charge is -2.42. The molecule has 0 aliphatic carbocycles. The number of pyridine rings is 1. The summed E-state index contributed by atoms with van der Waals surface area (Å²) in [6.07, 6.45) is 0.605. The maximum Gasteiger partial charge on any atom is 0.329 e. The van der Waals surface area contributed by atoms with Gasteiger partial charge in [0.15, 0.2) is 23.8 Å². The summed E-state index contributed by atoms with van der Waals surface area (Å²) in [6, 6.07) is 7.98. The Labute approximate surface area is 286 Å². The van der Waals surface area contributed by atoms with Crippen molar-refractivity contribution in [3.8, 4) is 5.88 Å². The molecule has 4 aliphatic rings. The number of fused-ring (bicyclic) bond motifs is 10. The highest BCUT2D eigenvalue weighted by molar-refractivity contribution is 6.30. The molecule has 49 heavy (non-hydrogen) atoms. The fourth-order valence-electron chi connectivity index (χ4n) is 6.89. The average molecular weight is 694 g/mol. The number of para-hydroxylation sites is 1. The van der Waals surface area contributed by atoms with E-state index >= 15 is 4.39 Å². The van der Waals surface area contributed by atoms with Crippen molar-refractivity contribution in [2.75, 3.05) is 24.5 Å². The molecule has 8 rings (SSSR count). The molecule has 0 N–H and O–H groups in total. The molecule has 258 valence electrons. The molecular formula is C35H37ClFN5O7. The number of ether oxygens (including phenoxy) is 3. The second kappa shape index (κ2) is 12.4. The zero-order valence-corrected chi connectivity index (χ0v) is 28.5. The van der Waals surface area contributed by atoms with Crippen LogP contribution in [0.2, 0.25) is 5.02 Å². The third kappa shape index (κ3) is 6.36. The molecule has 12 nitrogen and oxygen atoms in total. The molecule has 0 saturated carbocycles. The van der Waals surface area contributed by atoms with Crippen LogP contribution < -0.4 is 9.64 Å². The molecule has 6 bridgehead atoms. The van der Waals surface area contributed by atoms with Crippen LogP contribution in [-0.4, -0.2) is 75.1 Å². The highest BCUT2D eigenvalue weighted by Crippen LogP contribution is 2.46. The lowest BCUT2D eigenvalue weighted by molar-refractivity contribution is -0.156. The van der Waals surface area contributed by atoms with Crippen LogP contribution >= 0.6 is 11.6 Å². The first kappa shape index (κ1) is 33.0. The second-order valence-electron chi connectivity index (χ2n) is 13.9. The van der Waals surface area contributed by atoms with Crippen molar-refractivity contribution in [3.05, 3.63) is 52.9 Å². The smallest absolute Gasteiger partial charge is 0.329 e. The Kier molecular flexibility index (Phi) is 8.36. The van der Waals surface area contributed by atoms with Gasteiger partial charge in [-0.15, -0.1) is 0 Å². The number of aromatic nitrogens is 3. The van der Waals surface area contributed by atoms with Crippen LogP contribution in [-0.2, 0) is 36.1 Å². The number of amides is 1. The van der Waals surface area contributed by atoms with E-state index in [1.807, 2.05) is 18.2 Å². The van der Waals surface area contributed by atoms with E-state index in [1.54, 1.807) is 43.6 Å². The predicted octanol–water partition coefficient (Wildman–Crippen LogP) is 5.66. The van der Waals surface area contributed by atoms with Crippen LogP contribution in [0.15, 0.2) is 40.9 Å². The van der Waals surface area contributed by atoms with Gasteiger partial charge in [0.2, 0.25) is 11.8 Å². The number of halogens is 2. The van der Waals surface area contributed by atoms with Gasteiger partial charge in [-0.2, -0.15) is 0 Å². The van der Waals surface area contributed by atoms with E-state index in [1.165, 1.54) is 12.3 Å². The normalized spacial score (nSPS) is 25.0. The summed E-state index contributed by atoms with van der Waals surface area (Å²) in [6.45, 7) is 7.19. The van der Waals surface area contributed by atoms with Crippen molar-refractivity contribution >= 4 is 57.3 Å². The largest absolute Gasteiger partial charge is 0.472 e. The minimum absolute atomic E-state index is 0.0223. The van der Waals surface area contributed by atoms with E-state index in [2.05, 4.69) is 9.97 Å². The molecule has 2 saturated heterocycles. The van der Waals surface area contributed by atoms with Gasteiger partial charge in [-0.1, -0.05) is 30.7 Å². The number of furan rings is 1. The van der Waals surface area contributed by atoms with Gasteiger partial charge >= 0.3 is 11.9 Å². The SMILES string of the molecule is C[C@H]1CN2CC[C@]1(F)c1cc(Cl)cnc1O[C@H]1C[C@@H](C(=O)OC(C)(C)C)N(C1)c1nc(nc3c1oc1ccccc13)COC(=O)CCC2=O. The summed E-state index contributed by atoms with van der Waals surface area (Å²) in [5.41, 5.74) is -1.17. The molecule has 14 heteroatoms. The summed E-state index contributed by atoms with van der Waals surface area (Å²) in [5, 5.41) is 0.947. The maximum atomic E-state index is 17.1. The fourth-order valence-corrected chi connectivity index (χ4v) is 7.05. The number of rotatable bonds is 1. The van der Waals surface area contributed by atoms with Crippen molar-refractivity contribution < 1.29 is 37.4 Å². The van der Waals surface area contributed by atoms with Gasteiger partial charge in [0.05, 0.1) is 23.6 Å². The van der Waals surface area contributed by atoms with E-state index in [0.29, 0.717) is 22.1 Å². The molecular weight excluding hydrogens is 657 g/mol. The third-order valence-corrected chi connectivity index (χ3v) is 9.49. The minimum Gasteiger partial charge on any atom is -0.472 e. The Hall–Kier alpha value is -4.52. The van der Waals surface area contributed by atoms with Crippen LogP contribution in [0.25, 0.3) is 22.1 Å². The van der Waals surface area contributed by atoms with E-state index < -0.39 is 41.3 Å². The lowest BCUT2D eigenvalue weighted by Crippen LogP contribution is -2.49. The quantitative estimate of drug-likeness (QED) is 0.228. The van der Waals surface area contributed by atoms with Crippen LogP contribution in [0, 0.1) is 5.92 Å². The highest BCUT2D eigenvalue weighted by Gasteiger charge is 2.48. The van der Waals surface area contributed by atoms with Gasteiger partial charge in [0.25, 0.3) is 0 Å². The Morgan fingerprint density at radius 3 is 2.71 bits per heavy atom. The van der Waals surface area contributed by atoms with Crippen molar-refractivity contribution in [2.24, 2.45) is 5.92 Å². The monoisotopic (exact) mass is 693 g/mol. The van der Waals surface area contributed by atoms with Gasteiger partial charge in [0, 0.05) is 49.9 Å². The molecule has 0 radical (unpaired) electrons. The maximum absolute atomic E-state index is 17.1. The molecule has 0 spiro atoms. The first-order chi connectivity index (χ1) is 23.3. The number of carbonyl (C=O) groups is 3. The summed E-state index contributed by atoms with van der Waals surface area (Å²) in [7, 11) is 0. The lowest BCUT2D eigenvalue weighted by atomic mass is 9.78. The molecule has 3 aromatic heterocycles. The van der Waals surface area contributed by atoms with Crippen LogP contribution in [0.3, 0.4) is 0 Å². The second-order valence-corrected chi connectivity index (χ2v) is 14.4. The summed E-state index contributed by atoms with van der Waals surface area (Å²) >= 11 is 6.36. The average Bonchev–Trinajstić information content (AvgIpc) is 3.65. The molecule has 0 unspecified atom stereocenters. The number of piperidine rings is 1. The standard InChI is InChI=1S/C35H37ClFN5O7/c1-19-16-41-12-11-35(19,37)23-13-20(36)15-38-32(23)47-21-14-24(33(45)49-34(2,3)4)42(17-21)31-30-29(22-7-5-6-8-25(22)48-30)39-26(40-31)18-46-28(44)10-9-27(41)43/h5-8,13,15,19,21,24H,9-12,14,16-18H2,1-4H3/t19-,21-,24-,35+/m0/s1. The number of alkyl halides is 1. The van der Waals surface area contributed by atoms with E-state index in [0.717, 1.165) is 0 Å². The van der Waals surface area contributed by atoms with Crippen LogP contribution in [0.4, 0.5) is 10.2 Å². The Balaban J connectivity index is 1.36. The first-order valence-electron chi connectivity index (χ1n) is 16.4. The van der Waals surface area contributed by atoms with Crippen molar-refractivity contribution in [3.63, 3.8) is 0 Å². The number of benzene rings is 1. The number of nitrogens with zero attached hydrogens (tertiary/aromatic N) is 5. The summed E-state index contributed by atoms with van der Waals surface area (Å²) in [5.74, 6) is -1.50. The molecule has 1 amide bonds. The summed E-state index contributed by atoms with van der Waals surface area (Å²) in [4.78, 5) is 56.9. The number of carbonyl (C=O) groups excluding carboxylic acids is 3. The fraction of sp³-hybridized carbons (Fsp3) is 0.486. The Bertz CT molecular complexity index is 1960. The molecule has 4 aliphatic heterocycles. The van der Waals surface area contributed by atoms with Gasteiger partial charge < -0.3 is 28.4 Å². The van der Waals surface area contributed by atoms with Gasteiger partial charge in [-0.25, -0.2) is 24.1 Å². The van der Waals surface area contributed by atoms with Gasteiger partial charge in [-0.3, -0.25) is 9.59 Å². The number of hydrogen-bond donors (Lipinski definition) is 0. The van der Waals surface area contributed by atoms with Crippen molar-refractivity contribution in [1.29, 1.82) is 0 Å². The highest BCUT2D eigenvalue weighted by atomic mass is 35.5. The van der Waals surface area contributed by atoms with Crippen molar-refractivity contribution in [2.45, 2.75) is 83.4 Å². The van der Waals surface area contributed by atoms with Crippen LogP contribution in [0.1, 0.15) is 64.8 Å². The van der Waals surface area contributed by atoms with E-state index in [4.69, 9.17) is 35.2 Å². The van der Waals surface area contributed by atoms with E-state index in [9.17, 15) is 14.4 Å². The first-order valence-corrected chi connectivity index (χ1v) is 16.8. The minimum atomic E-state index is -1.92. The van der Waals surface area contributed by atoms with Gasteiger partial charge in [0.1, 0.15) is 34.5 Å². The molecule has 1 aromatic carbocycles. The Morgan fingerprint density at radius 1 is 1.14 bits per heavy atom. The summed E-state index contributed by atoms with van der Waals surface area (Å²) < 4.78 is 41.3. The van der Waals surface area contributed by atoms with Crippen LogP contribution in [0.5, 0.6) is 5.88 Å². The molecule has 4 atom stereocenters. The number of esters is 2. The third-order valence-electron chi connectivity index (χ3n) is 9.28. The Morgan fingerprint density at radius 2 is 1.94 bits per heavy atom. The van der Waals surface area contributed by atoms with Crippen molar-refractivity contribution in [1.82, 2.24) is 19.9 Å². The number of hydrogen-bond acceptors (Lipinski definition) is 11. The topological polar surface area (TPSA) is 137 Å². The van der Waals surface area contributed by atoms with E-state index in [-0.39, 0.29) is 85.9 Å². The number of anilines is 1. The predicted molar refractivity (Wildman–Crippen MR) is 177 cm³/mol. The van der Waals surface area contributed by atoms with Gasteiger partial charge in [-0.05, 0) is 39.0 Å². The molecule has 4 aromatic rings. The zero-order valence-electron chi connectivity index (χ0n) is 27.7. The molecule has 7 heterocycles. The zero-order chi connectivity index (χ0) is 34.7.